The highest BCUT2D eigenvalue weighted by Gasteiger charge is 2.28. The highest BCUT2D eigenvalue weighted by molar-refractivity contribution is 9.10. The zero-order valence-corrected chi connectivity index (χ0v) is 12.4. The van der Waals surface area contributed by atoms with E-state index in [9.17, 15) is 14.7 Å². The molecule has 108 valence electrons. The predicted molar refractivity (Wildman–Crippen MR) is 76.3 cm³/mol. The van der Waals surface area contributed by atoms with Gasteiger partial charge >= 0.3 is 5.97 Å². The van der Waals surface area contributed by atoms with Gasteiger partial charge in [0, 0.05) is 17.5 Å². The Morgan fingerprint density at radius 2 is 2.20 bits per heavy atom. The standard InChI is InChI=1S/C14H16BrNO4/c15-11-4-2-1-3-9(11)7-12(14(18)19)16-13(17)10-5-6-20-8-10/h1-4,10,12H,5-8H2,(H,16,17)(H,18,19)/t10-,12-/m0/s1. The molecule has 5 nitrogen and oxygen atoms in total. The van der Waals surface area contributed by atoms with Gasteiger partial charge in [0.2, 0.25) is 5.91 Å². The molecule has 2 atom stereocenters. The molecule has 20 heavy (non-hydrogen) atoms. The molecular weight excluding hydrogens is 326 g/mol. The Morgan fingerprint density at radius 3 is 2.80 bits per heavy atom. The molecule has 0 aromatic heterocycles. The molecule has 2 rings (SSSR count). The van der Waals surface area contributed by atoms with Crippen LogP contribution in [-0.2, 0) is 20.7 Å². The minimum Gasteiger partial charge on any atom is -0.480 e. The normalized spacial score (nSPS) is 19.6. The van der Waals surface area contributed by atoms with Gasteiger partial charge in [-0.2, -0.15) is 0 Å². The SMILES string of the molecule is O=C(N[C@@H](Cc1ccccc1Br)C(=O)O)[C@H]1CCOC1. The van der Waals surface area contributed by atoms with E-state index in [2.05, 4.69) is 21.2 Å². The van der Waals surface area contributed by atoms with Crippen molar-refractivity contribution in [2.75, 3.05) is 13.2 Å². The summed E-state index contributed by atoms with van der Waals surface area (Å²) in [7, 11) is 0. The van der Waals surface area contributed by atoms with E-state index >= 15 is 0 Å². The smallest absolute Gasteiger partial charge is 0.326 e. The maximum Gasteiger partial charge on any atom is 0.326 e. The first kappa shape index (κ1) is 15.0. The molecule has 0 radical (unpaired) electrons. The van der Waals surface area contributed by atoms with E-state index in [-0.39, 0.29) is 18.2 Å². The molecule has 6 heteroatoms. The maximum atomic E-state index is 12.0. The summed E-state index contributed by atoms with van der Waals surface area (Å²) in [6.07, 6.45) is 0.892. The van der Waals surface area contributed by atoms with E-state index in [1.165, 1.54) is 0 Å². The van der Waals surface area contributed by atoms with E-state index in [4.69, 9.17) is 4.74 Å². The van der Waals surface area contributed by atoms with Crippen LogP contribution >= 0.6 is 15.9 Å². The summed E-state index contributed by atoms with van der Waals surface area (Å²) in [5.41, 5.74) is 0.850. The molecular formula is C14H16BrNO4. The van der Waals surface area contributed by atoms with Gasteiger partial charge in [0.05, 0.1) is 12.5 Å². The van der Waals surface area contributed by atoms with Gasteiger partial charge < -0.3 is 15.2 Å². The van der Waals surface area contributed by atoms with E-state index < -0.39 is 12.0 Å². The molecule has 0 bridgehead atoms. The number of carboxylic acids is 1. The van der Waals surface area contributed by atoms with Crippen LogP contribution in [0.3, 0.4) is 0 Å². The molecule has 1 aliphatic rings. The lowest BCUT2D eigenvalue weighted by molar-refractivity contribution is -0.142. The van der Waals surface area contributed by atoms with Gasteiger partial charge in [0.15, 0.2) is 0 Å². The summed E-state index contributed by atoms with van der Waals surface area (Å²) < 4.78 is 5.98. The number of benzene rings is 1. The molecule has 0 aliphatic carbocycles. The number of carbonyl (C=O) groups is 2. The highest BCUT2D eigenvalue weighted by Crippen LogP contribution is 2.18. The number of rotatable bonds is 5. The van der Waals surface area contributed by atoms with Crippen LogP contribution in [-0.4, -0.2) is 36.2 Å². The van der Waals surface area contributed by atoms with E-state index in [0.717, 1.165) is 10.0 Å². The Hall–Kier alpha value is -1.40. The Morgan fingerprint density at radius 1 is 1.45 bits per heavy atom. The zero-order chi connectivity index (χ0) is 14.5. The maximum absolute atomic E-state index is 12.0. The first-order chi connectivity index (χ1) is 9.58. The lowest BCUT2D eigenvalue weighted by Crippen LogP contribution is -2.45. The van der Waals surface area contributed by atoms with E-state index in [0.29, 0.717) is 19.6 Å². The average molecular weight is 342 g/mol. The van der Waals surface area contributed by atoms with Crippen LogP contribution in [0.4, 0.5) is 0 Å². The third-order valence-corrected chi connectivity index (χ3v) is 4.07. The van der Waals surface area contributed by atoms with Crippen molar-refractivity contribution in [3.63, 3.8) is 0 Å². The van der Waals surface area contributed by atoms with Crippen molar-refractivity contribution in [3.8, 4) is 0 Å². The number of hydrogen-bond donors (Lipinski definition) is 2. The number of carboxylic acid groups (broad SMARTS) is 1. The number of amides is 1. The number of hydrogen-bond acceptors (Lipinski definition) is 3. The van der Waals surface area contributed by atoms with Crippen LogP contribution in [0, 0.1) is 5.92 Å². The third-order valence-electron chi connectivity index (χ3n) is 3.30. The predicted octanol–water partition coefficient (Wildman–Crippen LogP) is 1.60. The molecule has 1 heterocycles. The Bertz CT molecular complexity index is 500. The summed E-state index contributed by atoms with van der Waals surface area (Å²) in [6, 6.07) is 6.46. The topological polar surface area (TPSA) is 75.6 Å². The van der Waals surface area contributed by atoms with E-state index in [1.54, 1.807) is 0 Å². The van der Waals surface area contributed by atoms with Crippen molar-refractivity contribution in [1.29, 1.82) is 0 Å². The molecule has 1 saturated heterocycles. The van der Waals surface area contributed by atoms with Crippen molar-refractivity contribution in [2.45, 2.75) is 18.9 Å². The van der Waals surface area contributed by atoms with Crippen molar-refractivity contribution in [2.24, 2.45) is 5.92 Å². The molecule has 1 aliphatic heterocycles. The van der Waals surface area contributed by atoms with Crippen LogP contribution in [0.25, 0.3) is 0 Å². The lowest BCUT2D eigenvalue weighted by atomic mass is 10.0. The van der Waals surface area contributed by atoms with Gasteiger partial charge in [0.1, 0.15) is 6.04 Å². The summed E-state index contributed by atoms with van der Waals surface area (Å²) in [5.74, 6) is -1.52. The number of carbonyl (C=O) groups excluding carboxylic acids is 1. The average Bonchev–Trinajstić information content (AvgIpc) is 2.94. The fourth-order valence-electron chi connectivity index (χ4n) is 2.11. The molecule has 0 spiro atoms. The van der Waals surface area contributed by atoms with Gasteiger partial charge in [-0.05, 0) is 18.1 Å². The van der Waals surface area contributed by atoms with Crippen molar-refractivity contribution < 1.29 is 19.4 Å². The third kappa shape index (κ3) is 3.80. The van der Waals surface area contributed by atoms with Crippen LogP contribution in [0.1, 0.15) is 12.0 Å². The molecule has 2 N–H and O–H groups in total. The minimum atomic E-state index is -1.03. The van der Waals surface area contributed by atoms with Crippen LogP contribution < -0.4 is 5.32 Å². The van der Waals surface area contributed by atoms with Crippen molar-refractivity contribution in [1.82, 2.24) is 5.32 Å². The summed E-state index contributed by atoms with van der Waals surface area (Å²) in [4.78, 5) is 23.3. The molecule has 0 saturated carbocycles. The Labute approximate surface area is 125 Å². The van der Waals surface area contributed by atoms with Gasteiger partial charge in [-0.3, -0.25) is 4.79 Å². The second kappa shape index (κ2) is 6.85. The highest BCUT2D eigenvalue weighted by atomic mass is 79.9. The first-order valence-corrected chi connectivity index (χ1v) is 7.21. The second-order valence-corrected chi connectivity index (χ2v) is 5.61. The largest absolute Gasteiger partial charge is 0.480 e. The molecule has 1 amide bonds. The monoisotopic (exact) mass is 341 g/mol. The van der Waals surface area contributed by atoms with Gasteiger partial charge in [0.25, 0.3) is 0 Å². The zero-order valence-electron chi connectivity index (χ0n) is 10.8. The molecule has 1 aromatic carbocycles. The summed E-state index contributed by atoms with van der Waals surface area (Å²) in [6.45, 7) is 0.924. The van der Waals surface area contributed by atoms with E-state index in [1.807, 2.05) is 24.3 Å². The summed E-state index contributed by atoms with van der Waals surface area (Å²) in [5, 5.41) is 11.9. The fourth-order valence-corrected chi connectivity index (χ4v) is 2.56. The van der Waals surface area contributed by atoms with Gasteiger partial charge in [-0.25, -0.2) is 4.79 Å². The van der Waals surface area contributed by atoms with Crippen molar-refractivity contribution in [3.05, 3.63) is 34.3 Å². The number of ether oxygens (including phenoxy) is 1. The quantitative estimate of drug-likeness (QED) is 0.852. The summed E-state index contributed by atoms with van der Waals surface area (Å²) >= 11 is 3.38. The Balaban J connectivity index is 2.02. The number of aliphatic carboxylic acids is 1. The number of halogens is 1. The fraction of sp³-hybridized carbons (Fsp3) is 0.429. The molecule has 0 unspecified atom stereocenters. The van der Waals surface area contributed by atoms with Crippen LogP contribution in [0.15, 0.2) is 28.7 Å². The van der Waals surface area contributed by atoms with Crippen molar-refractivity contribution >= 4 is 27.8 Å². The molecule has 1 fully saturated rings. The van der Waals surface area contributed by atoms with Crippen LogP contribution in [0.2, 0.25) is 0 Å². The lowest BCUT2D eigenvalue weighted by Gasteiger charge is -2.17. The van der Waals surface area contributed by atoms with Gasteiger partial charge in [-0.15, -0.1) is 0 Å². The minimum absolute atomic E-state index is 0.240. The molecule has 1 aromatic rings. The van der Waals surface area contributed by atoms with Gasteiger partial charge in [-0.1, -0.05) is 34.1 Å². The Kier molecular flexibility index (Phi) is 5.14. The number of nitrogens with one attached hydrogen (secondary N) is 1. The second-order valence-electron chi connectivity index (χ2n) is 4.76. The van der Waals surface area contributed by atoms with Crippen LogP contribution in [0.5, 0.6) is 0 Å². The first-order valence-electron chi connectivity index (χ1n) is 6.42.